The highest BCUT2D eigenvalue weighted by molar-refractivity contribution is 5.01. The fourth-order valence-electron chi connectivity index (χ4n) is 2.37. The van der Waals surface area contributed by atoms with Crippen molar-refractivity contribution in [1.29, 1.82) is 0 Å². The molecule has 14 heavy (non-hydrogen) atoms. The third-order valence-corrected chi connectivity index (χ3v) is 2.94. The third kappa shape index (κ3) is 1.66. The first-order valence-corrected chi connectivity index (χ1v) is 5.22. The lowest BCUT2D eigenvalue weighted by Crippen LogP contribution is -2.45. The Kier molecular flexibility index (Phi) is 2.31. The number of nitrogens with zero attached hydrogens (tertiary/aromatic N) is 3. The van der Waals surface area contributed by atoms with Crippen molar-refractivity contribution in [3.8, 4) is 0 Å². The highest BCUT2D eigenvalue weighted by Crippen LogP contribution is 2.39. The molecule has 1 aromatic heterocycles. The van der Waals surface area contributed by atoms with E-state index >= 15 is 0 Å². The van der Waals surface area contributed by atoms with Crippen LogP contribution in [0.5, 0.6) is 0 Å². The van der Waals surface area contributed by atoms with Crippen LogP contribution in [-0.4, -0.2) is 25.5 Å². The molecule has 0 saturated heterocycles. The van der Waals surface area contributed by atoms with E-state index in [1.165, 1.54) is 0 Å². The van der Waals surface area contributed by atoms with E-state index in [2.05, 4.69) is 17.0 Å². The molecule has 2 rings (SSSR count). The van der Waals surface area contributed by atoms with Crippen molar-refractivity contribution < 1.29 is 5.11 Å². The third-order valence-electron chi connectivity index (χ3n) is 2.94. The Balaban J connectivity index is 2.04. The van der Waals surface area contributed by atoms with E-state index in [4.69, 9.17) is 0 Å². The van der Waals surface area contributed by atoms with Gasteiger partial charge in [-0.15, -0.1) is 0 Å². The van der Waals surface area contributed by atoms with Crippen LogP contribution in [0, 0.1) is 5.92 Å². The molecular weight excluding hydrogens is 178 g/mol. The van der Waals surface area contributed by atoms with Crippen LogP contribution in [0.3, 0.4) is 0 Å². The van der Waals surface area contributed by atoms with Crippen LogP contribution in [0.4, 0.5) is 0 Å². The molecule has 0 atom stereocenters. The van der Waals surface area contributed by atoms with Crippen LogP contribution < -0.4 is 0 Å². The highest BCUT2D eigenvalue weighted by atomic mass is 16.3. The maximum absolute atomic E-state index is 10.1. The lowest BCUT2D eigenvalue weighted by Gasteiger charge is -2.41. The molecule has 1 aromatic rings. The van der Waals surface area contributed by atoms with Crippen LogP contribution >= 0.6 is 0 Å². The lowest BCUT2D eigenvalue weighted by molar-refractivity contribution is -0.0685. The minimum atomic E-state index is -0.515. The number of aliphatic hydroxyl groups is 1. The SMILES string of the molecule is CCn1ncnc1CC1(O)CC(C)C1. The summed E-state index contributed by atoms with van der Waals surface area (Å²) in [5, 5.41) is 14.2. The molecule has 1 heterocycles. The summed E-state index contributed by atoms with van der Waals surface area (Å²) in [5.74, 6) is 1.56. The Morgan fingerprint density at radius 2 is 2.36 bits per heavy atom. The van der Waals surface area contributed by atoms with Crippen molar-refractivity contribution >= 4 is 0 Å². The van der Waals surface area contributed by atoms with Crippen LogP contribution in [0.2, 0.25) is 0 Å². The second-order valence-electron chi connectivity index (χ2n) is 4.41. The van der Waals surface area contributed by atoms with Gasteiger partial charge in [-0.05, 0) is 25.7 Å². The predicted molar refractivity (Wildman–Crippen MR) is 52.7 cm³/mol. The smallest absolute Gasteiger partial charge is 0.138 e. The van der Waals surface area contributed by atoms with Crippen molar-refractivity contribution in [3.05, 3.63) is 12.2 Å². The topological polar surface area (TPSA) is 50.9 Å². The summed E-state index contributed by atoms with van der Waals surface area (Å²) in [4.78, 5) is 4.17. The summed E-state index contributed by atoms with van der Waals surface area (Å²) >= 11 is 0. The summed E-state index contributed by atoms with van der Waals surface area (Å²) < 4.78 is 1.85. The molecule has 0 bridgehead atoms. The Morgan fingerprint density at radius 1 is 1.64 bits per heavy atom. The maximum Gasteiger partial charge on any atom is 0.138 e. The average Bonchev–Trinajstić information content (AvgIpc) is 2.49. The standard InChI is InChI=1S/C10H17N3O/c1-3-13-9(11-7-12-13)6-10(14)4-8(2)5-10/h7-8,14H,3-6H2,1-2H3. The van der Waals surface area contributed by atoms with E-state index in [1.54, 1.807) is 6.33 Å². The van der Waals surface area contributed by atoms with E-state index in [-0.39, 0.29) is 0 Å². The summed E-state index contributed by atoms with van der Waals surface area (Å²) in [7, 11) is 0. The van der Waals surface area contributed by atoms with Gasteiger partial charge in [-0.2, -0.15) is 5.10 Å². The fourth-order valence-corrected chi connectivity index (χ4v) is 2.37. The van der Waals surface area contributed by atoms with E-state index in [1.807, 2.05) is 11.6 Å². The largest absolute Gasteiger partial charge is 0.389 e. The van der Waals surface area contributed by atoms with Crippen molar-refractivity contribution in [1.82, 2.24) is 14.8 Å². The van der Waals surface area contributed by atoms with Gasteiger partial charge >= 0.3 is 0 Å². The average molecular weight is 195 g/mol. The van der Waals surface area contributed by atoms with Crippen LogP contribution in [0.25, 0.3) is 0 Å². The van der Waals surface area contributed by atoms with Gasteiger partial charge in [0.2, 0.25) is 0 Å². The number of aryl methyl sites for hydroxylation is 1. The molecule has 1 aliphatic carbocycles. The lowest BCUT2D eigenvalue weighted by atomic mass is 9.70. The molecule has 0 amide bonds. The fraction of sp³-hybridized carbons (Fsp3) is 0.800. The van der Waals surface area contributed by atoms with Crippen LogP contribution in [0.15, 0.2) is 6.33 Å². The van der Waals surface area contributed by atoms with Gasteiger partial charge in [0.1, 0.15) is 12.2 Å². The Morgan fingerprint density at radius 3 is 2.93 bits per heavy atom. The first-order chi connectivity index (χ1) is 6.63. The second-order valence-corrected chi connectivity index (χ2v) is 4.41. The highest BCUT2D eigenvalue weighted by Gasteiger charge is 2.41. The molecule has 0 radical (unpaired) electrons. The van der Waals surface area contributed by atoms with Crippen molar-refractivity contribution in [2.45, 2.75) is 45.3 Å². The molecule has 1 saturated carbocycles. The number of hydrogen-bond donors (Lipinski definition) is 1. The predicted octanol–water partition coefficient (Wildman–Crippen LogP) is 1.00. The van der Waals surface area contributed by atoms with Crippen molar-refractivity contribution in [3.63, 3.8) is 0 Å². The molecule has 78 valence electrons. The Labute approximate surface area is 84.0 Å². The number of hydrogen-bond acceptors (Lipinski definition) is 3. The van der Waals surface area contributed by atoms with Gasteiger partial charge in [-0.25, -0.2) is 4.98 Å². The molecule has 1 aliphatic rings. The molecule has 0 spiro atoms. The molecule has 0 unspecified atom stereocenters. The molecule has 1 N–H and O–H groups in total. The summed E-state index contributed by atoms with van der Waals surface area (Å²) in [5.41, 5.74) is -0.515. The first kappa shape index (κ1) is 9.65. The van der Waals surface area contributed by atoms with Crippen LogP contribution in [-0.2, 0) is 13.0 Å². The monoisotopic (exact) mass is 195 g/mol. The van der Waals surface area contributed by atoms with Crippen LogP contribution in [0.1, 0.15) is 32.5 Å². The van der Waals surface area contributed by atoms with Gasteiger partial charge in [-0.1, -0.05) is 6.92 Å². The summed E-state index contributed by atoms with van der Waals surface area (Å²) in [6, 6.07) is 0. The Bertz CT molecular complexity index is 315. The maximum atomic E-state index is 10.1. The zero-order chi connectivity index (χ0) is 10.2. The zero-order valence-electron chi connectivity index (χ0n) is 8.77. The van der Waals surface area contributed by atoms with E-state index in [0.29, 0.717) is 12.3 Å². The number of aromatic nitrogens is 3. The quantitative estimate of drug-likeness (QED) is 0.782. The molecule has 1 fully saturated rings. The minimum Gasteiger partial charge on any atom is -0.389 e. The van der Waals surface area contributed by atoms with Crippen molar-refractivity contribution in [2.75, 3.05) is 0 Å². The van der Waals surface area contributed by atoms with E-state index in [0.717, 1.165) is 25.2 Å². The Hall–Kier alpha value is -0.900. The van der Waals surface area contributed by atoms with Gasteiger partial charge in [0, 0.05) is 13.0 Å². The molecule has 0 aromatic carbocycles. The molecule has 4 heteroatoms. The van der Waals surface area contributed by atoms with Gasteiger partial charge in [-0.3, -0.25) is 4.68 Å². The van der Waals surface area contributed by atoms with E-state index in [9.17, 15) is 5.11 Å². The first-order valence-electron chi connectivity index (χ1n) is 5.22. The molecule has 0 aliphatic heterocycles. The van der Waals surface area contributed by atoms with E-state index < -0.39 is 5.60 Å². The van der Waals surface area contributed by atoms with Crippen molar-refractivity contribution in [2.24, 2.45) is 5.92 Å². The van der Waals surface area contributed by atoms with Gasteiger partial charge in [0.15, 0.2) is 0 Å². The summed E-state index contributed by atoms with van der Waals surface area (Å²) in [6.07, 6.45) is 3.99. The molecule has 4 nitrogen and oxygen atoms in total. The normalized spacial score (nSPS) is 31.5. The minimum absolute atomic E-state index is 0.515. The second kappa shape index (κ2) is 3.35. The van der Waals surface area contributed by atoms with Gasteiger partial charge in [0.25, 0.3) is 0 Å². The van der Waals surface area contributed by atoms with Gasteiger partial charge in [0.05, 0.1) is 5.60 Å². The summed E-state index contributed by atoms with van der Waals surface area (Å²) in [6.45, 7) is 5.02. The zero-order valence-corrected chi connectivity index (χ0v) is 8.77. The number of rotatable bonds is 3. The van der Waals surface area contributed by atoms with Gasteiger partial charge < -0.3 is 5.11 Å². The molecular formula is C10H17N3O.